The summed E-state index contributed by atoms with van der Waals surface area (Å²) in [7, 11) is 1.81. The van der Waals surface area contributed by atoms with E-state index in [0.29, 0.717) is 12.5 Å². The van der Waals surface area contributed by atoms with Crippen LogP contribution in [-0.2, 0) is 7.05 Å². The number of amides is 1. The lowest BCUT2D eigenvalue weighted by Crippen LogP contribution is -2.42. The Morgan fingerprint density at radius 3 is 3.00 bits per heavy atom. The van der Waals surface area contributed by atoms with Gasteiger partial charge in [0.15, 0.2) is 5.43 Å². The summed E-state index contributed by atoms with van der Waals surface area (Å²) in [6, 6.07) is 1.48. The van der Waals surface area contributed by atoms with Crippen LogP contribution in [0.2, 0.25) is 0 Å². The summed E-state index contributed by atoms with van der Waals surface area (Å²) in [5.41, 5.74) is 0.760. The van der Waals surface area contributed by atoms with Crippen LogP contribution in [0.5, 0.6) is 0 Å². The van der Waals surface area contributed by atoms with E-state index in [2.05, 4.69) is 10.2 Å². The van der Waals surface area contributed by atoms with Crippen molar-refractivity contribution in [3.8, 4) is 0 Å². The van der Waals surface area contributed by atoms with Crippen molar-refractivity contribution in [2.45, 2.75) is 19.8 Å². The quantitative estimate of drug-likeness (QED) is 0.811. The van der Waals surface area contributed by atoms with Gasteiger partial charge in [0, 0.05) is 51.2 Å². The van der Waals surface area contributed by atoms with Crippen LogP contribution in [0, 0.1) is 12.8 Å². The zero-order valence-electron chi connectivity index (χ0n) is 13.3. The molecule has 1 aromatic heterocycles. The first-order chi connectivity index (χ1) is 10.5. The number of hydrogen-bond acceptors (Lipinski definition) is 4. The summed E-state index contributed by atoms with van der Waals surface area (Å²) < 4.78 is 1.77. The molecule has 1 atom stereocenters. The van der Waals surface area contributed by atoms with E-state index in [0.717, 1.165) is 38.2 Å². The van der Waals surface area contributed by atoms with Crippen LogP contribution in [0.25, 0.3) is 0 Å². The molecule has 2 heterocycles. The molecule has 6 heteroatoms. The largest absolute Gasteiger partial charge is 0.396 e. The lowest BCUT2D eigenvalue weighted by molar-refractivity contribution is 0.0929. The fraction of sp³-hybridized carbons (Fsp3) is 0.625. The van der Waals surface area contributed by atoms with Crippen LogP contribution in [0.4, 0.5) is 0 Å². The topological polar surface area (TPSA) is 74.6 Å². The molecule has 0 aliphatic carbocycles. The highest BCUT2D eigenvalue weighted by Gasteiger charge is 2.19. The highest BCUT2D eigenvalue weighted by Crippen LogP contribution is 2.14. The third-order valence-electron chi connectivity index (χ3n) is 4.30. The van der Waals surface area contributed by atoms with E-state index in [9.17, 15) is 14.7 Å². The molecule has 1 fully saturated rings. The van der Waals surface area contributed by atoms with Crippen LogP contribution in [0.15, 0.2) is 17.1 Å². The molecule has 0 saturated carbocycles. The van der Waals surface area contributed by atoms with Crippen molar-refractivity contribution in [3.63, 3.8) is 0 Å². The zero-order valence-corrected chi connectivity index (χ0v) is 13.3. The summed E-state index contributed by atoms with van der Waals surface area (Å²) in [5.74, 6) is 0.0187. The highest BCUT2D eigenvalue weighted by molar-refractivity contribution is 5.93. The number of carbonyl (C=O) groups excluding carboxylic acids is 1. The van der Waals surface area contributed by atoms with Gasteiger partial charge < -0.3 is 19.9 Å². The number of aryl methyl sites for hydroxylation is 2. The molecule has 2 N–H and O–H groups in total. The van der Waals surface area contributed by atoms with Crippen LogP contribution >= 0.6 is 0 Å². The van der Waals surface area contributed by atoms with Crippen LogP contribution in [-0.4, -0.2) is 53.3 Å². The number of nitrogens with one attached hydrogen (secondary N) is 1. The number of aromatic nitrogens is 1. The van der Waals surface area contributed by atoms with Crippen molar-refractivity contribution < 1.29 is 9.90 Å². The SMILES string of the molecule is Cc1cc(=O)c(C(=O)NCCN2CCC[C@@H](CO)C2)cn1C. The molecule has 0 radical (unpaired) electrons. The van der Waals surface area contributed by atoms with E-state index in [4.69, 9.17) is 0 Å². The van der Waals surface area contributed by atoms with Gasteiger partial charge in [0.25, 0.3) is 5.91 Å². The molecule has 6 nitrogen and oxygen atoms in total. The van der Waals surface area contributed by atoms with Crippen LogP contribution < -0.4 is 10.7 Å². The summed E-state index contributed by atoms with van der Waals surface area (Å²) >= 11 is 0. The van der Waals surface area contributed by atoms with E-state index in [1.165, 1.54) is 6.07 Å². The predicted octanol–water partition coefficient (Wildman–Crippen LogP) is 0.128. The number of aliphatic hydroxyl groups excluding tert-OH is 1. The minimum absolute atomic E-state index is 0.181. The van der Waals surface area contributed by atoms with Gasteiger partial charge in [-0.3, -0.25) is 9.59 Å². The van der Waals surface area contributed by atoms with Gasteiger partial charge in [-0.05, 0) is 32.2 Å². The second-order valence-corrected chi connectivity index (χ2v) is 6.05. The van der Waals surface area contributed by atoms with Gasteiger partial charge in [-0.1, -0.05) is 0 Å². The van der Waals surface area contributed by atoms with E-state index >= 15 is 0 Å². The molecule has 2 rings (SSSR count). The van der Waals surface area contributed by atoms with Gasteiger partial charge in [0.2, 0.25) is 0 Å². The second kappa shape index (κ2) is 7.56. The number of likely N-dealkylation sites (tertiary alicyclic amines) is 1. The summed E-state index contributed by atoms with van der Waals surface area (Å²) in [4.78, 5) is 26.2. The Morgan fingerprint density at radius 2 is 2.27 bits per heavy atom. The molecule has 0 spiro atoms. The predicted molar refractivity (Wildman–Crippen MR) is 85.0 cm³/mol. The van der Waals surface area contributed by atoms with Gasteiger partial charge in [0.1, 0.15) is 5.56 Å². The van der Waals surface area contributed by atoms with E-state index in [-0.39, 0.29) is 23.5 Å². The Kier molecular flexibility index (Phi) is 5.74. The van der Waals surface area contributed by atoms with Crippen molar-refractivity contribution in [3.05, 3.63) is 33.7 Å². The maximum absolute atomic E-state index is 12.1. The first-order valence-electron chi connectivity index (χ1n) is 7.80. The second-order valence-electron chi connectivity index (χ2n) is 6.05. The average Bonchev–Trinajstić information content (AvgIpc) is 2.51. The molecular formula is C16H25N3O3. The normalized spacial score (nSPS) is 19.1. The molecular weight excluding hydrogens is 282 g/mol. The number of carbonyl (C=O) groups is 1. The smallest absolute Gasteiger partial charge is 0.256 e. The molecule has 22 heavy (non-hydrogen) atoms. The molecule has 1 aromatic rings. The molecule has 1 saturated heterocycles. The molecule has 0 aromatic carbocycles. The number of piperidine rings is 1. The number of nitrogens with zero attached hydrogens (tertiary/aromatic N) is 2. The lowest BCUT2D eigenvalue weighted by Gasteiger charge is -2.31. The molecule has 122 valence electrons. The third kappa shape index (κ3) is 4.18. The van der Waals surface area contributed by atoms with Gasteiger partial charge in [0.05, 0.1) is 0 Å². The Balaban J connectivity index is 1.85. The Hall–Kier alpha value is -1.66. The fourth-order valence-corrected chi connectivity index (χ4v) is 2.83. The van der Waals surface area contributed by atoms with Gasteiger partial charge in [-0.25, -0.2) is 0 Å². The van der Waals surface area contributed by atoms with Crippen molar-refractivity contribution >= 4 is 5.91 Å². The van der Waals surface area contributed by atoms with E-state index in [1.54, 1.807) is 10.8 Å². The van der Waals surface area contributed by atoms with E-state index in [1.807, 2.05) is 14.0 Å². The van der Waals surface area contributed by atoms with Crippen molar-refractivity contribution in [2.75, 3.05) is 32.8 Å². The fourth-order valence-electron chi connectivity index (χ4n) is 2.83. The van der Waals surface area contributed by atoms with Gasteiger partial charge in [-0.2, -0.15) is 0 Å². The minimum atomic E-state index is -0.323. The minimum Gasteiger partial charge on any atom is -0.396 e. The maximum atomic E-state index is 12.1. The first-order valence-corrected chi connectivity index (χ1v) is 7.80. The monoisotopic (exact) mass is 307 g/mol. The number of hydrogen-bond donors (Lipinski definition) is 2. The molecule has 0 bridgehead atoms. The van der Waals surface area contributed by atoms with E-state index < -0.39 is 0 Å². The average molecular weight is 307 g/mol. The lowest BCUT2D eigenvalue weighted by atomic mass is 9.99. The summed E-state index contributed by atoms with van der Waals surface area (Å²) in [6.07, 6.45) is 3.73. The third-order valence-corrected chi connectivity index (χ3v) is 4.30. The van der Waals surface area contributed by atoms with Crippen LogP contribution in [0.1, 0.15) is 28.9 Å². The highest BCUT2D eigenvalue weighted by atomic mass is 16.3. The Morgan fingerprint density at radius 1 is 1.50 bits per heavy atom. The van der Waals surface area contributed by atoms with Crippen molar-refractivity contribution in [1.29, 1.82) is 0 Å². The molecule has 1 aliphatic rings. The van der Waals surface area contributed by atoms with Crippen molar-refractivity contribution in [1.82, 2.24) is 14.8 Å². The Bertz CT molecular complexity index is 582. The number of pyridine rings is 1. The van der Waals surface area contributed by atoms with Gasteiger partial charge >= 0.3 is 0 Å². The molecule has 0 unspecified atom stereocenters. The summed E-state index contributed by atoms with van der Waals surface area (Å²) in [6.45, 7) is 5.18. The zero-order chi connectivity index (χ0) is 16.1. The molecule has 1 aliphatic heterocycles. The van der Waals surface area contributed by atoms with Crippen molar-refractivity contribution in [2.24, 2.45) is 13.0 Å². The molecule has 1 amide bonds. The number of aliphatic hydroxyl groups is 1. The summed E-state index contributed by atoms with van der Waals surface area (Å²) in [5, 5.41) is 12.0. The maximum Gasteiger partial charge on any atom is 0.256 e. The standard InChI is InChI=1S/C16H25N3O3/c1-12-8-15(21)14(10-18(12)2)16(22)17-5-7-19-6-3-4-13(9-19)11-20/h8,10,13,20H,3-7,9,11H2,1-2H3,(H,17,22)/t13-/m1/s1. The first kappa shape index (κ1) is 16.7. The Labute approximate surface area is 130 Å². The van der Waals surface area contributed by atoms with Gasteiger partial charge in [-0.15, -0.1) is 0 Å². The van der Waals surface area contributed by atoms with Crippen LogP contribution in [0.3, 0.4) is 0 Å². The number of rotatable bonds is 5.